The van der Waals surface area contributed by atoms with Crippen LogP contribution in [0.15, 0.2) is 12.2 Å². The predicted octanol–water partition coefficient (Wildman–Crippen LogP) is 4.27. The number of halogens is 4. The number of allylic oxidation sites excluding steroid dienone is 2. The predicted molar refractivity (Wildman–Crippen MR) is 51.2 cm³/mol. The highest BCUT2D eigenvalue weighted by Crippen LogP contribution is 2.38. The van der Waals surface area contributed by atoms with Gasteiger partial charge in [-0.25, -0.2) is 0 Å². The second kappa shape index (κ2) is 5.52. The van der Waals surface area contributed by atoms with Crippen molar-refractivity contribution in [1.82, 2.24) is 0 Å². The van der Waals surface area contributed by atoms with Gasteiger partial charge in [-0.15, -0.1) is 0 Å². The molecule has 15 heavy (non-hydrogen) atoms. The van der Waals surface area contributed by atoms with Crippen LogP contribution < -0.4 is 0 Å². The van der Waals surface area contributed by atoms with Gasteiger partial charge in [0.1, 0.15) is 0 Å². The smallest absolute Gasteiger partial charge is 0.251 e. The number of hydrogen-bond donors (Lipinski definition) is 0. The van der Waals surface area contributed by atoms with Gasteiger partial charge < -0.3 is 0 Å². The Kier molecular flexibility index (Phi) is 4.61. The van der Waals surface area contributed by atoms with Crippen LogP contribution in [0.4, 0.5) is 17.6 Å². The topological polar surface area (TPSA) is 0 Å². The van der Waals surface area contributed by atoms with Gasteiger partial charge in [-0.3, -0.25) is 4.39 Å². The molecule has 0 aliphatic heterocycles. The molecule has 0 aromatic heterocycles. The van der Waals surface area contributed by atoms with Gasteiger partial charge in [-0.05, 0) is 31.6 Å². The minimum atomic E-state index is -4.08. The van der Waals surface area contributed by atoms with Gasteiger partial charge in [0, 0.05) is 0 Å². The first-order valence-corrected chi connectivity index (χ1v) is 5.33. The number of alkyl halides is 4. The van der Waals surface area contributed by atoms with E-state index in [0.717, 1.165) is 0 Å². The van der Waals surface area contributed by atoms with Crippen molar-refractivity contribution in [1.29, 1.82) is 0 Å². The second-order valence-corrected chi connectivity index (χ2v) is 4.08. The summed E-state index contributed by atoms with van der Waals surface area (Å²) in [4.78, 5) is 0. The molecule has 1 aliphatic carbocycles. The van der Waals surface area contributed by atoms with Crippen LogP contribution in [0.1, 0.15) is 32.1 Å². The van der Waals surface area contributed by atoms with Crippen LogP contribution in [-0.4, -0.2) is 12.9 Å². The Morgan fingerprint density at radius 1 is 1.20 bits per heavy atom. The molecule has 88 valence electrons. The lowest BCUT2D eigenvalue weighted by molar-refractivity contribution is -0.178. The van der Waals surface area contributed by atoms with Gasteiger partial charge in [0.2, 0.25) is 0 Å². The zero-order chi connectivity index (χ0) is 11.3. The first-order chi connectivity index (χ1) is 7.04. The highest BCUT2D eigenvalue weighted by molar-refractivity contribution is 4.97. The average Bonchev–Trinajstić information content (AvgIpc) is 2.17. The monoisotopic (exact) mass is 224 g/mol. The first kappa shape index (κ1) is 12.5. The summed E-state index contributed by atoms with van der Waals surface area (Å²) < 4.78 is 49.0. The van der Waals surface area contributed by atoms with Crippen molar-refractivity contribution in [2.75, 3.05) is 6.67 Å². The molecular weight excluding hydrogens is 208 g/mol. The van der Waals surface area contributed by atoms with Gasteiger partial charge >= 0.3 is 6.18 Å². The molecular formula is C11H16F4. The largest absolute Gasteiger partial charge is 0.392 e. The molecule has 2 atom stereocenters. The van der Waals surface area contributed by atoms with Crippen molar-refractivity contribution in [3.8, 4) is 0 Å². The lowest BCUT2D eigenvalue weighted by atomic mass is 9.83. The van der Waals surface area contributed by atoms with Crippen LogP contribution in [0, 0.1) is 11.8 Å². The minimum Gasteiger partial charge on any atom is -0.251 e. The lowest BCUT2D eigenvalue weighted by Crippen LogP contribution is -2.26. The van der Waals surface area contributed by atoms with Gasteiger partial charge in [0.25, 0.3) is 0 Å². The molecule has 0 heterocycles. The third-order valence-electron chi connectivity index (χ3n) is 2.84. The Morgan fingerprint density at radius 2 is 1.93 bits per heavy atom. The molecule has 0 saturated heterocycles. The summed E-state index contributed by atoms with van der Waals surface area (Å²) >= 11 is 0. The van der Waals surface area contributed by atoms with Crippen LogP contribution in [0.5, 0.6) is 0 Å². The minimum absolute atomic E-state index is 0.0167. The second-order valence-electron chi connectivity index (χ2n) is 4.08. The molecule has 0 spiro atoms. The maximum Gasteiger partial charge on any atom is 0.392 e. The van der Waals surface area contributed by atoms with E-state index in [0.29, 0.717) is 19.3 Å². The van der Waals surface area contributed by atoms with E-state index in [1.807, 2.05) is 6.08 Å². The van der Waals surface area contributed by atoms with E-state index in [-0.39, 0.29) is 25.4 Å². The summed E-state index contributed by atoms with van der Waals surface area (Å²) in [6.07, 6.45) is 1.46. The molecule has 0 radical (unpaired) electrons. The summed E-state index contributed by atoms with van der Waals surface area (Å²) in [6, 6.07) is 0. The van der Waals surface area contributed by atoms with E-state index in [4.69, 9.17) is 0 Å². The summed E-state index contributed by atoms with van der Waals surface area (Å²) in [5.74, 6) is -1.21. The van der Waals surface area contributed by atoms with E-state index < -0.39 is 12.1 Å². The Bertz CT molecular complexity index is 207. The van der Waals surface area contributed by atoms with E-state index in [9.17, 15) is 17.6 Å². The summed E-state index contributed by atoms with van der Waals surface area (Å²) in [5.41, 5.74) is 0. The fraction of sp³-hybridized carbons (Fsp3) is 0.818. The van der Waals surface area contributed by atoms with Crippen LogP contribution in [0.3, 0.4) is 0 Å². The third-order valence-corrected chi connectivity index (χ3v) is 2.84. The van der Waals surface area contributed by atoms with E-state index in [1.54, 1.807) is 6.08 Å². The Morgan fingerprint density at radius 3 is 2.53 bits per heavy atom. The molecule has 0 aromatic rings. The molecule has 0 fully saturated rings. The van der Waals surface area contributed by atoms with Crippen LogP contribution in [-0.2, 0) is 0 Å². The average molecular weight is 224 g/mol. The van der Waals surface area contributed by atoms with Crippen LogP contribution >= 0.6 is 0 Å². The lowest BCUT2D eigenvalue weighted by Gasteiger charge is -2.26. The van der Waals surface area contributed by atoms with Gasteiger partial charge in [0.05, 0.1) is 12.6 Å². The van der Waals surface area contributed by atoms with E-state index in [1.165, 1.54) is 0 Å². The van der Waals surface area contributed by atoms with Crippen LogP contribution in [0.2, 0.25) is 0 Å². The molecule has 1 rings (SSSR count). The molecule has 0 bridgehead atoms. The van der Waals surface area contributed by atoms with E-state index >= 15 is 0 Å². The molecule has 1 unspecified atom stereocenters. The summed E-state index contributed by atoms with van der Waals surface area (Å²) in [5, 5.41) is 0. The SMILES string of the molecule is FCCCCC1C=CC[C@@H](C(F)(F)F)C1. The van der Waals surface area contributed by atoms with Gasteiger partial charge in [0.15, 0.2) is 0 Å². The Labute approximate surface area is 87.4 Å². The fourth-order valence-corrected chi connectivity index (χ4v) is 1.96. The maximum atomic E-state index is 12.4. The number of rotatable bonds is 4. The highest BCUT2D eigenvalue weighted by Gasteiger charge is 2.40. The van der Waals surface area contributed by atoms with Crippen molar-refractivity contribution >= 4 is 0 Å². The van der Waals surface area contributed by atoms with Crippen molar-refractivity contribution in [3.05, 3.63) is 12.2 Å². The number of hydrogen-bond acceptors (Lipinski definition) is 0. The van der Waals surface area contributed by atoms with Crippen molar-refractivity contribution in [3.63, 3.8) is 0 Å². The quantitative estimate of drug-likeness (QED) is 0.380. The highest BCUT2D eigenvalue weighted by atomic mass is 19.4. The normalized spacial score (nSPS) is 26.9. The molecule has 0 amide bonds. The molecule has 4 heteroatoms. The molecule has 1 aliphatic rings. The molecule has 0 saturated carbocycles. The summed E-state index contributed by atoms with van der Waals surface area (Å²) in [6.45, 7) is -0.376. The van der Waals surface area contributed by atoms with Crippen LogP contribution in [0.25, 0.3) is 0 Å². The Hall–Kier alpha value is -0.540. The Balaban J connectivity index is 2.36. The third kappa shape index (κ3) is 4.22. The van der Waals surface area contributed by atoms with Gasteiger partial charge in [-0.1, -0.05) is 18.6 Å². The molecule has 0 N–H and O–H groups in total. The standard InChI is InChI=1S/C11H16F4/c12-7-2-1-4-9-5-3-6-10(8-9)11(13,14)15/h3,5,9-10H,1-2,4,6-8H2/t9?,10-/m1/s1. The van der Waals surface area contributed by atoms with E-state index in [2.05, 4.69) is 0 Å². The van der Waals surface area contributed by atoms with Crippen molar-refractivity contribution in [2.24, 2.45) is 11.8 Å². The zero-order valence-corrected chi connectivity index (χ0v) is 8.56. The van der Waals surface area contributed by atoms with Gasteiger partial charge in [-0.2, -0.15) is 13.2 Å². The maximum absolute atomic E-state index is 12.4. The molecule has 0 aromatic carbocycles. The zero-order valence-electron chi connectivity index (χ0n) is 8.56. The first-order valence-electron chi connectivity index (χ1n) is 5.33. The fourth-order valence-electron chi connectivity index (χ4n) is 1.96. The van der Waals surface area contributed by atoms with Crippen molar-refractivity contribution in [2.45, 2.75) is 38.3 Å². The summed E-state index contributed by atoms with van der Waals surface area (Å²) in [7, 11) is 0. The molecule has 0 nitrogen and oxygen atoms in total. The van der Waals surface area contributed by atoms with Crippen molar-refractivity contribution < 1.29 is 17.6 Å². The number of unbranched alkanes of at least 4 members (excludes halogenated alkanes) is 1.